The normalized spacial score (nSPS) is 28.5. The lowest BCUT2D eigenvalue weighted by atomic mass is 10.1. The van der Waals surface area contributed by atoms with Gasteiger partial charge < -0.3 is 9.47 Å². The van der Waals surface area contributed by atoms with E-state index in [1.54, 1.807) is 0 Å². The molecule has 1 aliphatic rings. The number of esters is 1. The Morgan fingerprint density at radius 2 is 2.38 bits per heavy atom. The van der Waals surface area contributed by atoms with Crippen molar-refractivity contribution in [2.75, 3.05) is 6.61 Å². The average Bonchev–Trinajstić information content (AvgIpc) is 2.04. The van der Waals surface area contributed by atoms with Crippen LogP contribution in [0.2, 0.25) is 0 Å². The second kappa shape index (κ2) is 5.22. The third-order valence-electron chi connectivity index (χ3n) is 2.19. The fourth-order valence-corrected chi connectivity index (χ4v) is 1.51. The van der Waals surface area contributed by atoms with E-state index in [0.717, 1.165) is 19.3 Å². The predicted molar refractivity (Wildman–Crippen MR) is 49.4 cm³/mol. The van der Waals surface area contributed by atoms with E-state index in [9.17, 15) is 4.79 Å². The minimum Gasteiger partial charge on any atom is -0.462 e. The third-order valence-corrected chi connectivity index (χ3v) is 2.19. The molecule has 0 saturated carbocycles. The molecule has 1 rings (SSSR count). The van der Waals surface area contributed by atoms with Gasteiger partial charge in [-0.05, 0) is 13.3 Å². The maximum absolute atomic E-state index is 11.2. The van der Waals surface area contributed by atoms with Gasteiger partial charge in [0.2, 0.25) is 0 Å². The van der Waals surface area contributed by atoms with Crippen LogP contribution in [0.4, 0.5) is 0 Å². The van der Waals surface area contributed by atoms with Crippen molar-refractivity contribution in [3.05, 3.63) is 0 Å². The fourth-order valence-electron chi connectivity index (χ4n) is 1.51. The second-order valence-electron chi connectivity index (χ2n) is 3.57. The Bertz CT molecular complexity index is 168. The molecule has 1 aliphatic heterocycles. The third kappa shape index (κ3) is 3.77. The first-order valence-electron chi connectivity index (χ1n) is 5.03. The second-order valence-corrected chi connectivity index (χ2v) is 3.57. The monoisotopic (exact) mass is 186 g/mol. The van der Waals surface area contributed by atoms with E-state index in [4.69, 9.17) is 9.47 Å². The van der Waals surface area contributed by atoms with Crippen molar-refractivity contribution < 1.29 is 14.3 Å². The zero-order valence-corrected chi connectivity index (χ0v) is 8.41. The van der Waals surface area contributed by atoms with Crippen molar-refractivity contribution in [3.63, 3.8) is 0 Å². The number of carbonyl (C=O) groups is 1. The van der Waals surface area contributed by atoms with Crippen LogP contribution in [-0.4, -0.2) is 24.8 Å². The Kier molecular flexibility index (Phi) is 4.22. The zero-order valence-electron chi connectivity index (χ0n) is 8.41. The minimum atomic E-state index is -0.0680. The van der Waals surface area contributed by atoms with Crippen LogP contribution in [0.15, 0.2) is 0 Å². The van der Waals surface area contributed by atoms with Crippen LogP contribution in [0, 0.1) is 0 Å². The number of ether oxygens (including phenoxy) is 2. The van der Waals surface area contributed by atoms with Crippen molar-refractivity contribution in [3.8, 4) is 0 Å². The molecule has 13 heavy (non-hydrogen) atoms. The Hall–Kier alpha value is -0.570. The predicted octanol–water partition coefficient (Wildman–Crippen LogP) is 1.90. The quantitative estimate of drug-likeness (QED) is 0.631. The molecule has 0 aromatic heterocycles. The van der Waals surface area contributed by atoms with E-state index in [2.05, 4.69) is 0 Å². The molecule has 0 N–H and O–H groups in total. The molecule has 0 aliphatic carbocycles. The molecule has 0 aromatic carbocycles. The van der Waals surface area contributed by atoms with Crippen molar-refractivity contribution in [2.24, 2.45) is 0 Å². The molecule has 0 aromatic rings. The van der Waals surface area contributed by atoms with Gasteiger partial charge in [0, 0.05) is 19.3 Å². The molecule has 0 amide bonds. The van der Waals surface area contributed by atoms with E-state index in [0.29, 0.717) is 13.0 Å². The molecular weight excluding hydrogens is 168 g/mol. The van der Waals surface area contributed by atoms with Crippen molar-refractivity contribution >= 4 is 5.97 Å². The first-order valence-corrected chi connectivity index (χ1v) is 5.03. The summed E-state index contributed by atoms with van der Waals surface area (Å²) in [5.74, 6) is -0.0680. The van der Waals surface area contributed by atoms with Gasteiger partial charge in [0.05, 0.1) is 12.7 Å². The zero-order chi connectivity index (χ0) is 9.68. The summed E-state index contributed by atoms with van der Waals surface area (Å²) in [7, 11) is 0. The van der Waals surface area contributed by atoms with E-state index in [-0.39, 0.29) is 18.2 Å². The molecule has 1 unspecified atom stereocenters. The summed E-state index contributed by atoms with van der Waals surface area (Å²) in [4.78, 5) is 11.2. The largest absolute Gasteiger partial charge is 0.462 e. The summed E-state index contributed by atoms with van der Waals surface area (Å²) >= 11 is 0. The van der Waals surface area contributed by atoms with E-state index >= 15 is 0 Å². The Labute approximate surface area is 79.4 Å². The molecule has 1 heterocycles. The topological polar surface area (TPSA) is 35.5 Å². The first kappa shape index (κ1) is 10.5. The van der Waals surface area contributed by atoms with Crippen molar-refractivity contribution in [1.29, 1.82) is 0 Å². The molecule has 3 heteroatoms. The van der Waals surface area contributed by atoms with Crippen LogP contribution in [0.25, 0.3) is 0 Å². The Morgan fingerprint density at radius 3 is 3.00 bits per heavy atom. The van der Waals surface area contributed by atoms with Crippen molar-refractivity contribution in [2.45, 2.75) is 51.7 Å². The maximum atomic E-state index is 11.2. The molecule has 1 saturated heterocycles. The fraction of sp³-hybridized carbons (Fsp3) is 0.900. The molecule has 76 valence electrons. The van der Waals surface area contributed by atoms with Crippen LogP contribution in [0.3, 0.4) is 0 Å². The highest BCUT2D eigenvalue weighted by Gasteiger charge is 2.22. The lowest BCUT2D eigenvalue weighted by Crippen LogP contribution is -2.30. The molecular formula is C10H18O3. The smallest absolute Gasteiger partial charge is 0.306 e. The molecule has 2 atom stereocenters. The van der Waals surface area contributed by atoms with E-state index < -0.39 is 0 Å². The van der Waals surface area contributed by atoms with Gasteiger partial charge in [0.1, 0.15) is 6.10 Å². The lowest BCUT2D eigenvalue weighted by molar-refractivity contribution is -0.155. The molecule has 0 spiro atoms. The van der Waals surface area contributed by atoms with Gasteiger partial charge in [0.15, 0.2) is 0 Å². The molecule has 3 nitrogen and oxygen atoms in total. The summed E-state index contributed by atoms with van der Waals surface area (Å²) < 4.78 is 10.6. The highest BCUT2D eigenvalue weighted by Crippen LogP contribution is 2.16. The summed E-state index contributed by atoms with van der Waals surface area (Å²) in [5.41, 5.74) is 0. The van der Waals surface area contributed by atoms with Crippen LogP contribution < -0.4 is 0 Å². The van der Waals surface area contributed by atoms with Crippen LogP contribution in [0.1, 0.15) is 39.5 Å². The Balaban J connectivity index is 2.23. The molecule has 1 fully saturated rings. The van der Waals surface area contributed by atoms with Gasteiger partial charge in [-0.2, -0.15) is 0 Å². The van der Waals surface area contributed by atoms with Gasteiger partial charge in [-0.15, -0.1) is 0 Å². The highest BCUT2D eigenvalue weighted by atomic mass is 16.6. The lowest BCUT2D eigenvalue weighted by Gasteiger charge is -2.26. The van der Waals surface area contributed by atoms with Gasteiger partial charge in [-0.3, -0.25) is 4.79 Å². The van der Waals surface area contributed by atoms with Crippen LogP contribution in [-0.2, 0) is 14.3 Å². The van der Waals surface area contributed by atoms with Gasteiger partial charge >= 0.3 is 5.97 Å². The number of carbonyl (C=O) groups excluding carboxylic acids is 1. The molecule has 0 radical (unpaired) electrons. The minimum absolute atomic E-state index is 0.0680. The standard InChI is InChI=1S/C10H18O3/c1-3-4-10(11)13-9-5-6-12-8(2)7-9/h8-9H,3-7H2,1-2H3/t8?,9-/m1/s1. The Morgan fingerprint density at radius 1 is 1.62 bits per heavy atom. The van der Waals surface area contributed by atoms with Crippen LogP contribution >= 0.6 is 0 Å². The van der Waals surface area contributed by atoms with Crippen molar-refractivity contribution in [1.82, 2.24) is 0 Å². The maximum Gasteiger partial charge on any atom is 0.306 e. The summed E-state index contributed by atoms with van der Waals surface area (Å²) in [5, 5.41) is 0. The van der Waals surface area contributed by atoms with Gasteiger partial charge in [-0.1, -0.05) is 6.92 Å². The average molecular weight is 186 g/mol. The molecule has 0 bridgehead atoms. The van der Waals surface area contributed by atoms with Crippen LogP contribution in [0.5, 0.6) is 0 Å². The van der Waals surface area contributed by atoms with E-state index in [1.165, 1.54) is 0 Å². The summed E-state index contributed by atoms with van der Waals surface area (Å²) in [6, 6.07) is 0. The van der Waals surface area contributed by atoms with Gasteiger partial charge in [0.25, 0.3) is 0 Å². The first-order chi connectivity index (χ1) is 6.22. The summed E-state index contributed by atoms with van der Waals surface area (Å²) in [6.45, 7) is 4.71. The number of hydrogen-bond acceptors (Lipinski definition) is 3. The SMILES string of the molecule is CCCC(=O)O[C@@H]1CCOC(C)C1. The highest BCUT2D eigenvalue weighted by molar-refractivity contribution is 5.69. The number of rotatable bonds is 3. The number of hydrogen-bond donors (Lipinski definition) is 0. The van der Waals surface area contributed by atoms with E-state index in [1.807, 2.05) is 13.8 Å². The van der Waals surface area contributed by atoms with Gasteiger partial charge in [-0.25, -0.2) is 0 Å². The summed E-state index contributed by atoms with van der Waals surface area (Å²) in [6.07, 6.45) is 3.40.